The summed E-state index contributed by atoms with van der Waals surface area (Å²) < 4.78 is 12.3. The van der Waals surface area contributed by atoms with Crippen molar-refractivity contribution in [2.75, 3.05) is 10.6 Å². The zero-order valence-corrected chi connectivity index (χ0v) is 27.3. The van der Waals surface area contributed by atoms with E-state index < -0.39 is 11.8 Å². The number of hydrogen-bond donors (Lipinski definition) is 2. The van der Waals surface area contributed by atoms with Gasteiger partial charge in [0.05, 0.1) is 0 Å². The number of anilines is 2. The topological polar surface area (TPSA) is 101 Å². The molecule has 2 amide bonds. The molecule has 0 aliphatic carbocycles. The van der Waals surface area contributed by atoms with Crippen LogP contribution < -0.4 is 30.8 Å². The van der Waals surface area contributed by atoms with E-state index in [4.69, 9.17) is 79.1 Å². The van der Waals surface area contributed by atoms with Crippen molar-refractivity contribution < 1.29 is 19.1 Å². The lowest BCUT2D eigenvalue weighted by Crippen LogP contribution is -2.22. The van der Waals surface area contributed by atoms with Crippen LogP contribution in [-0.2, 0) is 0 Å². The molecule has 0 fully saturated rings. The van der Waals surface area contributed by atoms with Gasteiger partial charge < -0.3 is 20.1 Å². The first-order chi connectivity index (χ1) is 22.0. The Balaban J connectivity index is 1.19. The number of halogens is 6. The first kappa shape index (κ1) is 30.6. The van der Waals surface area contributed by atoms with E-state index in [1.807, 2.05) is 0 Å². The summed E-state index contributed by atoms with van der Waals surface area (Å²) in [5.74, 6) is -0.0101. The number of carbonyl (C=O) groups is 2. The van der Waals surface area contributed by atoms with Gasteiger partial charge in [-0.2, -0.15) is 0 Å². The van der Waals surface area contributed by atoms with Crippen LogP contribution in [0.5, 0.6) is 23.0 Å². The van der Waals surface area contributed by atoms with Crippen LogP contribution >= 0.6 is 69.6 Å². The minimum atomic E-state index is -0.422. The number of nitrogens with one attached hydrogen (secondary N) is 2. The van der Waals surface area contributed by atoms with Crippen molar-refractivity contribution in [2.45, 2.75) is 0 Å². The van der Waals surface area contributed by atoms with Gasteiger partial charge in [0.1, 0.15) is 32.1 Å². The summed E-state index contributed by atoms with van der Waals surface area (Å²) in [6.07, 6.45) is 0. The number of benzene rings is 5. The van der Waals surface area contributed by atoms with E-state index in [0.29, 0.717) is 42.8 Å². The lowest BCUT2D eigenvalue weighted by atomic mass is 10.1. The third-order valence-corrected chi connectivity index (χ3v) is 8.39. The zero-order chi connectivity index (χ0) is 32.3. The van der Waals surface area contributed by atoms with Gasteiger partial charge in [0.2, 0.25) is 0 Å². The number of ether oxygens (including phenoxy) is 2. The molecule has 5 aromatic carbocycles. The summed E-state index contributed by atoms with van der Waals surface area (Å²) in [6, 6.07) is 18.9. The second-order valence-electron chi connectivity index (χ2n) is 10.0. The van der Waals surface area contributed by atoms with Crippen LogP contribution in [0.15, 0.2) is 82.8 Å². The lowest BCUT2D eigenvalue weighted by Gasteiger charge is -2.21. The summed E-state index contributed by atoms with van der Waals surface area (Å²) in [5.41, 5.74) is 2.24. The molecule has 2 N–H and O–H groups in total. The Labute approximate surface area is 290 Å². The van der Waals surface area contributed by atoms with Crippen LogP contribution in [0.3, 0.4) is 0 Å². The number of rotatable bonds is 4. The van der Waals surface area contributed by atoms with E-state index >= 15 is 0 Å². The van der Waals surface area contributed by atoms with Crippen molar-refractivity contribution in [2.24, 2.45) is 9.98 Å². The summed E-state index contributed by atoms with van der Waals surface area (Å²) in [4.78, 5) is 35.2. The highest BCUT2D eigenvalue weighted by atomic mass is 35.5. The monoisotopic (exact) mass is 728 g/mol. The van der Waals surface area contributed by atoms with Crippen LogP contribution in [0.4, 0.5) is 22.7 Å². The minimum absolute atomic E-state index is 0.0949. The molecular weight excluding hydrogens is 717 g/mol. The smallest absolute Gasteiger partial charge is 0.255 e. The Morgan fingerprint density at radius 3 is 1.26 bits per heavy atom. The van der Waals surface area contributed by atoms with Gasteiger partial charge >= 0.3 is 0 Å². The summed E-state index contributed by atoms with van der Waals surface area (Å²) >= 11 is 37.8. The van der Waals surface area contributed by atoms with Crippen LogP contribution in [0, 0.1) is 0 Å². The summed E-state index contributed by atoms with van der Waals surface area (Å²) in [6.45, 7) is 0. The number of carbonyl (C=O) groups excluding carboxylic acids is 2. The Hall–Kier alpha value is -4.02. The number of amides is 2. The average molecular weight is 731 g/mol. The molecule has 46 heavy (non-hydrogen) atoms. The number of nitrogens with zero attached hydrogens (tertiary/aromatic N) is 2. The lowest BCUT2D eigenvalue weighted by molar-refractivity contribution is 0.101. The molecule has 0 atom stereocenters. The van der Waals surface area contributed by atoms with E-state index in [1.165, 1.54) is 12.1 Å². The van der Waals surface area contributed by atoms with Gasteiger partial charge in [-0.3, -0.25) is 9.59 Å². The van der Waals surface area contributed by atoms with Crippen molar-refractivity contribution >= 4 is 104 Å². The molecule has 0 aromatic heterocycles. The maximum atomic E-state index is 13.0. The van der Waals surface area contributed by atoms with Crippen LogP contribution in [0.2, 0.25) is 30.1 Å². The molecule has 8 nitrogen and oxygen atoms in total. The Morgan fingerprint density at radius 2 is 0.891 bits per heavy atom. The average Bonchev–Trinajstić information content (AvgIpc) is 3.00. The first-order valence-corrected chi connectivity index (χ1v) is 15.5. The maximum absolute atomic E-state index is 13.0. The summed E-state index contributed by atoms with van der Waals surface area (Å²) in [7, 11) is 0. The first-order valence-electron chi connectivity index (χ1n) is 13.2. The SMILES string of the molecule is O=C(Nc1cc(Cl)cc(Cl)c1)c1ccc2c(c1)Oc1c(Cl)c3c(c(Cl)c1=N2)Oc1cc(C(=O)Nc2cc(Cl)cc(Cl)c2)ccc1N=3. The molecule has 14 heteroatoms. The minimum Gasteiger partial charge on any atom is -0.451 e. The molecule has 0 bridgehead atoms. The van der Waals surface area contributed by atoms with Crippen molar-refractivity contribution in [1.82, 2.24) is 0 Å². The second-order valence-corrected chi connectivity index (χ2v) is 12.5. The highest BCUT2D eigenvalue weighted by Gasteiger charge is 2.28. The number of hydrogen-bond acceptors (Lipinski definition) is 6. The predicted molar refractivity (Wildman–Crippen MR) is 180 cm³/mol. The maximum Gasteiger partial charge on any atom is 0.255 e. The zero-order valence-electron chi connectivity index (χ0n) is 22.7. The van der Waals surface area contributed by atoms with Gasteiger partial charge in [-0.15, -0.1) is 0 Å². The Bertz CT molecular complexity index is 2100. The molecule has 0 unspecified atom stereocenters. The quantitative estimate of drug-likeness (QED) is 0.188. The normalized spacial score (nSPS) is 12.1. The van der Waals surface area contributed by atoms with Gasteiger partial charge in [-0.25, -0.2) is 9.98 Å². The molecule has 5 aromatic rings. The van der Waals surface area contributed by atoms with Gasteiger partial charge in [0.15, 0.2) is 23.0 Å². The largest absolute Gasteiger partial charge is 0.451 e. The van der Waals surface area contributed by atoms with E-state index in [-0.39, 0.29) is 54.9 Å². The fraction of sp³-hybridized carbons (Fsp3) is 0. The van der Waals surface area contributed by atoms with Gasteiger partial charge in [0, 0.05) is 42.6 Å². The van der Waals surface area contributed by atoms with Crippen molar-refractivity contribution in [3.05, 3.63) is 125 Å². The van der Waals surface area contributed by atoms with E-state index in [9.17, 15) is 9.59 Å². The molecular formula is C32H14Cl6N4O4. The molecule has 0 radical (unpaired) electrons. The fourth-order valence-electron chi connectivity index (χ4n) is 4.79. The van der Waals surface area contributed by atoms with Crippen molar-refractivity contribution in [3.8, 4) is 23.0 Å². The predicted octanol–water partition coefficient (Wildman–Crippen LogP) is 10.2. The van der Waals surface area contributed by atoms with Crippen LogP contribution in [0.1, 0.15) is 20.7 Å². The molecule has 0 saturated carbocycles. The van der Waals surface area contributed by atoms with Crippen molar-refractivity contribution in [1.29, 1.82) is 0 Å². The fourth-order valence-corrected chi connectivity index (χ4v) is 6.35. The molecule has 2 heterocycles. The van der Waals surface area contributed by atoms with Crippen molar-refractivity contribution in [3.63, 3.8) is 0 Å². The standard InChI is InChI=1S/C32H14Cl6N4O4/c33-15-7-16(34)10-19(9-15)39-31(43)13-1-3-21-23(5-13)45-29-26(38)28-30(25(37)27(29)41-21)46-24-6-14(2-4-22(24)42-28)32(44)40-20-11-17(35)8-18(36)12-20/h1-12H,(H,39,43)(H,40,44). The van der Waals surface area contributed by atoms with Gasteiger partial charge in [0.25, 0.3) is 11.8 Å². The van der Waals surface area contributed by atoms with E-state index in [2.05, 4.69) is 20.6 Å². The van der Waals surface area contributed by atoms with E-state index in [1.54, 1.807) is 60.7 Å². The van der Waals surface area contributed by atoms with Crippen LogP contribution in [0.25, 0.3) is 0 Å². The summed E-state index contributed by atoms with van der Waals surface area (Å²) in [5, 5.41) is 7.65. The van der Waals surface area contributed by atoms with E-state index in [0.717, 1.165) is 0 Å². The Morgan fingerprint density at radius 1 is 0.522 bits per heavy atom. The number of fused-ring (bicyclic) bond motifs is 4. The molecule has 0 spiro atoms. The van der Waals surface area contributed by atoms with Crippen LogP contribution in [-0.4, -0.2) is 11.8 Å². The van der Waals surface area contributed by atoms with Gasteiger partial charge in [-0.05, 0) is 72.8 Å². The van der Waals surface area contributed by atoms with Gasteiger partial charge in [-0.1, -0.05) is 69.6 Å². The molecule has 7 rings (SSSR count). The molecule has 2 aliphatic heterocycles. The third kappa shape index (κ3) is 5.84. The Kier molecular flexibility index (Phi) is 7.97. The third-order valence-electron chi connectivity index (χ3n) is 6.82. The molecule has 2 aliphatic rings. The molecule has 228 valence electrons. The second kappa shape index (κ2) is 12.0. The highest BCUT2D eigenvalue weighted by molar-refractivity contribution is 6.36. The molecule has 0 saturated heterocycles. The highest BCUT2D eigenvalue weighted by Crippen LogP contribution is 2.43.